The van der Waals surface area contributed by atoms with Crippen molar-refractivity contribution in [2.45, 2.75) is 19.5 Å². The average molecular weight is 188 g/mol. The molecular weight excluding hydrogens is 172 g/mol. The summed E-state index contributed by atoms with van der Waals surface area (Å²) in [6.45, 7) is 5.23. The van der Waals surface area contributed by atoms with Gasteiger partial charge >= 0.3 is 6.03 Å². The molecule has 2 N–H and O–H groups in total. The Morgan fingerprint density at radius 1 is 1.67 bits per heavy atom. The number of urea groups is 1. The van der Waals surface area contributed by atoms with Crippen LogP contribution in [0.1, 0.15) is 6.42 Å². The fraction of sp³-hybridized carbons (Fsp3) is 0.857. The van der Waals surface area contributed by atoms with E-state index in [-0.39, 0.29) is 6.03 Å². The van der Waals surface area contributed by atoms with Crippen LogP contribution < -0.4 is 5.32 Å². The number of amides is 2. The van der Waals surface area contributed by atoms with E-state index in [2.05, 4.69) is 5.32 Å². The molecule has 0 saturated carbocycles. The number of carbonyl (C=O) groups excluding carboxylic acids is 1. The molecule has 12 heavy (non-hydrogen) atoms. The van der Waals surface area contributed by atoms with Crippen molar-refractivity contribution < 1.29 is 9.59 Å². The average Bonchev–Trinajstić information content (AvgIpc) is 1.91. The molecule has 1 aliphatic rings. The Kier molecular flexibility index (Phi) is 2.74. The van der Waals surface area contributed by atoms with Crippen molar-refractivity contribution in [2.24, 2.45) is 0 Å². The molecule has 4 nitrogen and oxygen atoms in total. The summed E-state index contributed by atoms with van der Waals surface area (Å²) in [5, 5.41) is 2.75. The molecule has 70 valence electrons. The Bertz CT molecular complexity index is 179. The van der Waals surface area contributed by atoms with Gasteiger partial charge in [-0.05, 0) is 19.5 Å². The normalized spacial score (nSPS) is 19.2. The Hall–Kier alpha value is -0.553. The highest BCUT2D eigenvalue weighted by Gasteiger charge is 2.26. The Labute approximate surface area is 73.7 Å². The molecule has 0 spiro atoms. The fourth-order valence-corrected chi connectivity index (χ4v) is 2.53. The summed E-state index contributed by atoms with van der Waals surface area (Å²) < 4.78 is 0. The topological polar surface area (TPSA) is 52.6 Å². The van der Waals surface area contributed by atoms with Crippen molar-refractivity contribution in [1.82, 2.24) is 10.2 Å². The van der Waals surface area contributed by atoms with Crippen molar-refractivity contribution in [3.63, 3.8) is 0 Å². The molecule has 5 heteroatoms. The highest BCUT2D eigenvalue weighted by Crippen LogP contribution is 2.04. The van der Waals surface area contributed by atoms with E-state index >= 15 is 0 Å². The zero-order valence-corrected chi connectivity index (χ0v) is 8.63. The lowest BCUT2D eigenvalue weighted by Crippen LogP contribution is -2.53. The van der Waals surface area contributed by atoms with Gasteiger partial charge in [0.25, 0.3) is 0 Å². The molecule has 1 rings (SSSR count). The molecule has 0 aromatic rings. The predicted molar refractivity (Wildman–Crippen MR) is 49.3 cm³/mol. The van der Waals surface area contributed by atoms with Crippen molar-refractivity contribution in [2.75, 3.05) is 19.3 Å². The molecule has 1 fully saturated rings. The van der Waals surface area contributed by atoms with Crippen molar-refractivity contribution in [3.8, 4) is 0 Å². The van der Waals surface area contributed by atoms with Gasteiger partial charge in [0.2, 0.25) is 8.32 Å². The second-order valence-corrected chi connectivity index (χ2v) is 7.76. The first-order chi connectivity index (χ1) is 5.49. The molecule has 0 atom stereocenters. The summed E-state index contributed by atoms with van der Waals surface area (Å²) >= 11 is 0. The van der Waals surface area contributed by atoms with E-state index in [0.29, 0.717) is 6.17 Å². The Balaban J connectivity index is 2.45. The zero-order chi connectivity index (χ0) is 9.19. The monoisotopic (exact) mass is 188 g/mol. The molecule has 0 unspecified atom stereocenters. The van der Waals surface area contributed by atoms with E-state index in [1.54, 1.807) is 4.90 Å². The first-order valence-corrected chi connectivity index (χ1v) is 7.40. The fourth-order valence-electron chi connectivity index (χ4n) is 1.30. The van der Waals surface area contributed by atoms with Crippen LogP contribution in [0.25, 0.3) is 0 Å². The first kappa shape index (κ1) is 9.53. The van der Waals surface area contributed by atoms with Gasteiger partial charge in [-0.15, -0.1) is 0 Å². The molecule has 0 aliphatic carbocycles. The van der Waals surface area contributed by atoms with Crippen LogP contribution in [-0.4, -0.2) is 43.3 Å². The van der Waals surface area contributed by atoms with Gasteiger partial charge in [0.05, 0.1) is 0 Å². The predicted octanol–water partition coefficient (Wildman–Crippen LogP) is 0.138. The SMILES string of the molecule is C[Si](C)(O)CN1CCCNC1=O. The van der Waals surface area contributed by atoms with Crippen LogP contribution in [0.2, 0.25) is 13.1 Å². The van der Waals surface area contributed by atoms with Gasteiger partial charge in [0, 0.05) is 19.3 Å². The van der Waals surface area contributed by atoms with E-state index in [1.165, 1.54) is 0 Å². The van der Waals surface area contributed by atoms with Gasteiger partial charge in [-0.3, -0.25) is 0 Å². The molecule has 2 amide bonds. The molecule has 0 aromatic heterocycles. The number of nitrogens with zero attached hydrogens (tertiary/aromatic N) is 1. The number of hydrogen-bond donors (Lipinski definition) is 2. The van der Waals surface area contributed by atoms with Crippen molar-refractivity contribution in [1.29, 1.82) is 0 Å². The largest absolute Gasteiger partial charge is 0.430 e. The van der Waals surface area contributed by atoms with Crippen LogP contribution in [0, 0.1) is 0 Å². The molecule has 0 aromatic carbocycles. The quantitative estimate of drug-likeness (QED) is 0.606. The number of hydrogen-bond acceptors (Lipinski definition) is 2. The summed E-state index contributed by atoms with van der Waals surface area (Å²) in [6.07, 6.45) is 1.52. The summed E-state index contributed by atoms with van der Waals surface area (Å²) in [5.41, 5.74) is 0. The van der Waals surface area contributed by atoms with Crippen LogP contribution in [0.4, 0.5) is 4.79 Å². The lowest BCUT2D eigenvalue weighted by molar-refractivity contribution is 0.192. The smallest absolute Gasteiger partial charge is 0.317 e. The maximum absolute atomic E-state index is 11.2. The molecule has 1 aliphatic heterocycles. The number of carbonyl (C=O) groups is 1. The molecule has 0 radical (unpaired) electrons. The second kappa shape index (κ2) is 3.45. The summed E-state index contributed by atoms with van der Waals surface area (Å²) in [5.74, 6) is 0. The van der Waals surface area contributed by atoms with E-state index < -0.39 is 8.32 Å². The standard InChI is InChI=1S/C7H16N2O2Si/c1-12(2,11)6-9-5-3-4-8-7(9)10/h11H,3-6H2,1-2H3,(H,8,10). The lowest BCUT2D eigenvalue weighted by atomic mass is 10.3. The highest BCUT2D eigenvalue weighted by molar-refractivity contribution is 6.70. The third-order valence-corrected chi connectivity index (χ3v) is 2.90. The highest BCUT2D eigenvalue weighted by atomic mass is 28.4. The third-order valence-electron chi connectivity index (χ3n) is 1.75. The lowest BCUT2D eigenvalue weighted by Gasteiger charge is -2.31. The van der Waals surface area contributed by atoms with Crippen LogP contribution in [0.15, 0.2) is 0 Å². The molecule has 1 saturated heterocycles. The number of nitrogens with one attached hydrogen (secondary N) is 1. The molecule has 0 bridgehead atoms. The third kappa shape index (κ3) is 2.82. The van der Waals surface area contributed by atoms with Gasteiger partial charge in [-0.25, -0.2) is 4.79 Å². The van der Waals surface area contributed by atoms with Crippen molar-refractivity contribution in [3.05, 3.63) is 0 Å². The molecule has 1 heterocycles. The minimum atomic E-state index is -2.12. The van der Waals surface area contributed by atoms with Crippen molar-refractivity contribution >= 4 is 14.3 Å². The van der Waals surface area contributed by atoms with Crippen LogP contribution >= 0.6 is 0 Å². The van der Waals surface area contributed by atoms with Gasteiger partial charge in [0.15, 0.2) is 0 Å². The van der Waals surface area contributed by atoms with Gasteiger partial charge in [-0.1, -0.05) is 0 Å². The summed E-state index contributed by atoms with van der Waals surface area (Å²) in [6, 6.07) is -0.0316. The first-order valence-electron chi connectivity index (χ1n) is 4.24. The Morgan fingerprint density at radius 3 is 2.83 bits per heavy atom. The minimum absolute atomic E-state index is 0.0316. The van der Waals surface area contributed by atoms with Crippen LogP contribution in [0.3, 0.4) is 0 Å². The van der Waals surface area contributed by atoms with E-state index in [9.17, 15) is 9.59 Å². The van der Waals surface area contributed by atoms with Gasteiger partial charge in [0.1, 0.15) is 0 Å². The maximum atomic E-state index is 11.2. The summed E-state index contributed by atoms with van der Waals surface area (Å²) in [4.78, 5) is 22.5. The zero-order valence-electron chi connectivity index (χ0n) is 7.63. The number of rotatable bonds is 2. The Morgan fingerprint density at radius 2 is 2.33 bits per heavy atom. The maximum Gasteiger partial charge on any atom is 0.317 e. The van der Waals surface area contributed by atoms with Gasteiger partial charge < -0.3 is 15.0 Å². The van der Waals surface area contributed by atoms with Crippen LogP contribution in [-0.2, 0) is 0 Å². The molecular formula is C7H16N2O2Si. The minimum Gasteiger partial charge on any atom is -0.430 e. The second-order valence-electron chi connectivity index (χ2n) is 3.82. The van der Waals surface area contributed by atoms with E-state index in [4.69, 9.17) is 0 Å². The van der Waals surface area contributed by atoms with E-state index in [1.807, 2.05) is 13.1 Å². The summed E-state index contributed by atoms with van der Waals surface area (Å²) in [7, 11) is -2.12. The van der Waals surface area contributed by atoms with E-state index in [0.717, 1.165) is 19.5 Å². The van der Waals surface area contributed by atoms with Gasteiger partial charge in [-0.2, -0.15) is 0 Å². The van der Waals surface area contributed by atoms with Crippen LogP contribution in [0.5, 0.6) is 0 Å².